The fourth-order valence-electron chi connectivity index (χ4n) is 2.45. The lowest BCUT2D eigenvalue weighted by atomic mass is 10.1. The summed E-state index contributed by atoms with van der Waals surface area (Å²) in [7, 11) is 0. The summed E-state index contributed by atoms with van der Waals surface area (Å²) in [6.45, 7) is 5.47. The molecule has 0 N–H and O–H groups in total. The van der Waals surface area contributed by atoms with Gasteiger partial charge in [0.2, 0.25) is 5.91 Å². The van der Waals surface area contributed by atoms with E-state index in [4.69, 9.17) is 4.74 Å². The van der Waals surface area contributed by atoms with Crippen molar-refractivity contribution in [3.8, 4) is 0 Å². The topological polar surface area (TPSA) is 29.5 Å². The molecule has 1 aromatic rings. The van der Waals surface area contributed by atoms with Gasteiger partial charge in [0.15, 0.2) is 0 Å². The zero-order valence-corrected chi connectivity index (χ0v) is 11.8. The summed E-state index contributed by atoms with van der Waals surface area (Å²) < 4.78 is 5.87. The smallest absolute Gasteiger partial charge is 0.222 e. The molecule has 1 aliphatic heterocycles. The van der Waals surface area contributed by atoms with Gasteiger partial charge in [-0.05, 0) is 18.9 Å². The van der Waals surface area contributed by atoms with Crippen LogP contribution in [0.25, 0.3) is 0 Å². The third kappa shape index (κ3) is 3.57. The van der Waals surface area contributed by atoms with Crippen molar-refractivity contribution >= 4 is 5.91 Å². The third-order valence-corrected chi connectivity index (χ3v) is 3.67. The first-order valence-corrected chi connectivity index (χ1v) is 7.18. The number of benzene rings is 1. The molecule has 3 heteroatoms. The van der Waals surface area contributed by atoms with Gasteiger partial charge >= 0.3 is 0 Å². The lowest BCUT2D eigenvalue weighted by molar-refractivity contribution is -0.144. The van der Waals surface area contributed by atoms with E-state index in [1.54, 1.807) is 0 Å². The molecule has 2 unspecified atom stereocenters. The second-order valence-electron chi connectivity index (χ2n) is 5.23. The summed E-state index contributed by atoms with van der Waals surface area (Å²) >= 11 is 0. The molecule has 1 aliphatic rings. The second kappa shape index (κ2) is 6.71. The van der Waals surface area contributed by atoms with Gasteiger partial charge < -0.3 is 9.64 Å². The Morgan fingerprint density at radius 3 is 2.79 bits per heavy atom. The fraction of sp³-hybridized carbons (Fsp3) is 0.562. The minimum absolute atomic E-state index is 0.0166. The van der Waals surface area contributed by atoms with E-state index in [0.29, 0.717) is 19.6 Å². The first kappa shape index (κ1) is 14.1. The zero-order chi connectivity index (χ0) is 13.7. The van der Waals surface area contributed by atoms with Crippen LogP contribution in [0, 0.1) is 0 Å². The SMILES string of the molecule is CCCCC(=O)N1CC(c2ccccc2)OCC1C. The number of nitrogens with zero attached hydrogens (tertiary/aromatic N) is 1. The highest BCUT2D eigenvalue weighted by molar-refractivity contribution is 5.76. The average molecular weight is 261 g/mol. The molecular weight excluding hydrogens is 238 g/mol. The number of hydrogen-bond acceptors (Lipinski definition) is 2. The van der Waals surface area contributed by atoms with Gasteiger partial charge in [0.25, 0.3) is 0 Å². The second-order valence-corrected chi connectivity index (χ2v) is 5.23. The molecule has 1 heterocycles. The van der Waals surface area contributed by atoms with Crippen LogP contribution in [0.2, 0.25) is 0 Å². The van der Waals surface area contributed by atoms with Crippen molar-refractivity contribution in [2.75, 3.05) is 13.2 Å². The van der Waals surface area contributed by atoms with Crippen LogP contribution in [0.5, 0.6) is 0 Å². The van der Waals surface area contributed by atoms with Gasteiger partial charge in [0.05, 0.1) is 19.2 Å². The number of carbonyl (C=O) groups excluding carboxylic acids is 1. The maximum atomic E-state index is 12.2. The monoisotopic (exact) mass is 261 g/mol. The summed E-state index contributed by atoms with van der Waals surface area (Å²) in [6.07, 6.45) is 2.70. The zero-order valence-electron chi connectivity index (χ0n) is 11.8. The molecule has 1 fully saturated rings. The van der Waals surface area contributed by atoms with Gasteiger partial charge in [-0.25, -0.2) is 0 Å². The maximum Gasteiger partial charge on any atom is 0.222 e. The molecule has 0 radical (unpaired) electrons. The summed E-state index contributed by atoms with van der Waals surface area (Å²) in [5, 5.41) is 0. The summed E-state index contributed by atoms with van der Waals surface area (Å²) in [5.41, 5.74) is 1.16. The molecule has 0 saturated carbocycles. The third-order valence-electron chi connectivity index (χ3n) is 3.67. The highest BCUT2D eigenvalue weighted by Crippen LogP contribution is 2.25. The Morgan fingerprint density at radius 2 is 2.11 bits per heavy atom. The van der Waals surface area contributed by atoms with E-state index in [-0.39, 0.29) is 18.1 Å². The molecule has 0 aromatic heterocycles. The molecule has 0 spiro atoms. The van der Waals surface area contributed by atoms with E-state index in [0.717, 1.165) is 18.4 Å². The lowest BCUT2D eigenvalue weighted by Crippen LogP contribution is -2.48. The molecule has 104 valence electrons. The molecular formula is C16H23NO2. The normalized spacial score (nSPS) is 23.4. The van der Waals surface area contributed by atoms with Crippen molar-refractivity contribution in [2.24, 2.45) is 0 Å². The van der Waals surface area contributed by atoms with E-state index >= 15 is 0 Å². The van der Waals surface area contributed by atoms with Crippen LogP contribution in [0.4, 0.5) is 0 Å². The van der Waals surface area contributed by atoms with Crippen LogP contribution in [0.1, 0.15) is 44.8 Å². The summed E-state index contributed by atoms with van der Waals surface area (Å²) in [5.74, 6) is 0.263. The lowest BCUT2D eigenvalue weighted by Gasteiger charge is -2.38. The number of amides is 1. The van der Waals surface area contributed by atoms with Crippen LogP contribution in [-0.4, -0.2) is 30.0 Å². The molecule has 1 amide bonds. The van der Waals surface area contributed by atoms with E-state index in [1.165, 1.54) is 0 Å². The van der Waals surface area contributed by atoms with Gasteiger partial charge in [-0.3, -0.25) is 4.79 Å². The maximum absolute atomic E-state index is 12.2. The van der Waals surface area contributed by atoms with E-state index in [1.807, 2.05) is 23.1 Å². The minimum Gasteiger partial charge on any atom is -0.370 e. The number of morpholine rings is 1. The van der Waals surface area contributed by atoms with Gasteiger partial charge in [-0.15, -0.1) is 0 Å². The van der Waals surface area contributed by atoms with Gasteiger partial charge in [-0.1, -0.05) is 43.7 Å². The Morgan fingerprint density at radius 1 is 1.37 bits per heavy atom. The van der Waals surface area contributed by atoms with Crippen molar-refractivity contribution in [2.45, 2.75) is 45.3 Å². The fourth-order valence-corrected chi connectivity index (χ4v) is 2.45. The molecule has 2 atom stereocenters. The average Bonchev–Trinajstić information content (AvgIpc) is 2.46. The minimum atomic E-state index is 0.0166. The highest BCUT2D eigenvalue weighted by atomic mass is 16.5. The van der Waals surface area contributed by atoms with Crippen LogP contribution in [0.3, 0.4) is 0 Å². The van der Waals surface area contributed by atoms with Crippen LogP contribution in [0.15, 0.2) is 30.3 Å². The van der Waals surface area contributed by atoms with Crippen molar-refractivity contribution in [1.29, 1.82) is 0 Å². The molecule has 2 rings (SSSR count). The van der Waals surface area contributed by atoms with Crippen molar-refractivity contribution in [3.05, 3.63) is 35.9 Å². The van der Waals surface area contributed by atoms with E-state index < -0.39 is 0 Å². The van der Waals surface area contributed by atoms with Crippen molar-refractivity contribution in [1.82, 2.24) is 4.90 Å². The number of rotatable bonds is 4. The highest BCUT2D eigenvalue weighted by Gasteiger charge is 2.29. The molecule has 3 nitrogen and oxygen atoms in total. The molecule has 1 saturated heterocycles. The predicted octanol–water partition coefficient (Wildman–Crippen LogP) is 3.17. The van der Waals surface area contributed by atoms with Gasteiger partial charge in [0, 0.05) is 6.42 Å². The number of carbonyl (C=O) groups is 1. The molecule has 0 bridgehead atoms. The van der Waals surface area contributed by atoms with Crippen LogP contribution in [-0.2, 0) is 9.53 Å². The largest absolute Gasteiger partial charge is 0.370 e. The Hall–Kier alpha value is -1.35. The predicted molar refractivity (Wildman–Crippen MR) is 75.8 cm³/mol. The standard InChI is InChI=1S/C16H23NO2/c1-3-4-10-16(18)17-11-15(19-12-13(17)2)14-8-6-5-7-9-14/h5-9,13,15H,3-4,10-12H2,1-2H3. The van der Waals surface area contributed by atoms with Crippen LogP contribution < -0.4 is 0 Å². The van der Waals surface area contributed by atoms with E-state index in [9.17, 15) is 4.79 Å². The first-order valence-electron chi connectivity index (χ1n) is 7.18. The Balaban J connectivity index is 2.02. The number of hydrogen-bond donors (Lipinski definition) is 0. The molecule has 1 aromatic carbocycles. The first-order chi connectivity index (χ1) is 9.22. The van der Waals surface area contributed by atoms with Crippen molar-refractivity contribution in [3.63, 3.8) is 0 Å². The summed E-state index contributed by atoms with van der Waals surface area (Å²) in [6, 6.07) is 10.3. The number of ether oxygens (including phenoxy) is 1. The Bertz CT molecular complexity index is 404. The van der Waals surface area contributed by atoms with Gasteiger partial charge in [0.1, 0.15) is 6.10 Å². The Labute approximate surface area is 115 Å². The quantitative estimate of drug-likeness (QED) is 0.833. The van der Waals surface area contributed by atoms with Gasteiger partial charge in [-0.2, -0.15) is 0 Å². The van der Waals surface area contributed by atoms with Crippen molar-refractivity contribution < 1.29 is 9.53 Å². The van der Waals surface area contributed by atoms with Crippen LogP contribution >= 0.6 is 0 Å². The number of unbranched alkanes of at least 4 members (excludes halogenated alkanes) is 1. The molecule has 0 aliphatic carbocycles. The molecule has 19 heavy (non-hydrogen) atoms. The Kier molecular flexibility index (Phi) is 4.97. The van der Waals surface area contributed by atoms with E-state index in [2.05, 4.69) is 26.0 Å². The summed E-state index contributed by atoms with van der Waals surface area (Å²) in [4.78, 5) is 14.2.